The summed E-state index contributed by atoms with van der Waals surface area (Å²) in [4.78, 5) is 22.9. The SMILES string of the molecule is O=C(CCc1ccncn1)N1CCCC1CCC1CCCCC1. The largest absolute Gasteiger partial charge is 0.340 e. The van der Waals surface area contributed by atoms with Crippen molar-refractivity contribution in [1.29, 1.82) is 0 Å². The van der Waals surface area contributed by atoms with E-state index in [2.05, 4.69) is 14.9 Å². The zero-order valence-electron chi connectivity index (χ0n) is 14.1. The van der Waals surface area contributed by atoms with Crippen LogP contribution >= 0.6 is 0 Å². The number of hydrogen-bond acceptors (Lipinski definition) is 3. The maximum atomic E-state index is 12.6. The number of amides is 1. The van der Waals surface area contributed by atoms with Crippen LogP contribution in [0, 0.1) is 5.92 Å². The maximum Gasteiger partial charge on any atom is 0.223 e. The van der Waals surface area contributed by atoms with Gasteiger partial charge in [-0.1, -0.05) is 32.1 Å². The Bertz CT molecular complexity index is 485. The molecule has 0 aromatic carbocycles. The van der Waals surface area contributed by atoms with Gasteiger partial charge in [0.15, 0.2) is 0 Å². The first kappa shape index (κ1) is 16.4. The predicted octanol–water partition coefficient (Wildman–Crippen LogP) is 3.76. The number of likely N-dealkylation sites (tertiary alicyclic amines) is 1. The average Bonchev–Trinajstić information content (AvgIpc) is 3.08. The van der Waals surface area contributed by atoms with Crippen LogP contribution in [0.15, 0.2) is 18.6 Å². The van der Waals surface area contributed by atoms with Gasteiger partial charge in [-0.25, -0.2) is 9.97 Å². The second-order valence-corrected chi connectivity index (χ2v) is 7.17. The van der Waals surface area contributed by atoms with E-state index < -0.39 is 0 Å². The zero-order valence-corrected chi connectivity index (χ0v) is 14.1. The van der Waals surface area contributed by atoms with Crippen molar-refractivity contribution >= 4 is 5.91 Å². The van der Waals surface area contributed by atoms with Gasteiger partial charge < -0.3 is 4.90 Å². The van der Waals surface area contributed by atoms with E-state index in [1.807, 2.05) is 6.07 Å². The van der Waals surface area contributed by atoms with Crippen LogP contribution in [0.5, 0.6) is 0 Å². The Hall–Kier alpha value is -1.45. The summed E-state index contributed by atoms with van der Waals surface area (Å²) in [6.45, 7) is 0.956. The van der Waals surface area contributed by atoms with E-state index in [1.165, 1.54) is 57.8 Å². The molecule has 1 aliphatic carbocycles. The first-order chi connectivity index (χ1) is 11.3. The first-order valence-corrected chi connectivity index (χ1v) is 9.37. The van der Waals surface area contributed by atoms with Gasteiger partial charge in [-0.3, -0.25) is 4.79 Å². The van der Waals surface area contributed by atoms with Crippen LogP contribution in [0.4, 0.5) is 0 Å². The van der Waals surface area contributed by atoms with Crippen molar-refractivity contribution in [2.24, 2.45) is 5.92 Å². The molecule has 1 saturated carbocycles. The van der Waals surface area contributed by atoms with Crippen molar-refractivity contribution in [2.45, 2.75) is 76.7 Å². The minimum Gasteiger partial charge on any atom is -0.340 e. The minimum absolute atomic E-state index is 0.315. The predicted molar refractivity (Wildman–Crippen MR) is 90.9 cm³/mol. The van der Waals surface area contributed by atoms with E-state index in [1.54, 1.807) is 12.5 Å². The molecule has 4 nitrogen and oxygen atoms in total. The summed E-state index contributed by atoms with van der Waals surface area (Å²) in [7, 11) is 0. The molecule has 2 aliphatic rings. The fourth-order valence-corrected chi connectivity index (χ4v) is 4.21. The zero-order chi connectivity index (χ0) is 15.9. The number of rotatable bonds is 6. The van der Waals surface area contributed by atoms with Crippen molar-refractivity contribution in [2.75, 3.05) is 6.54 Å². The van der Waals surface area contributed by atoms with Crippen molar-refractivity contribution < 1.29 is 4.79 Å². The summed E-state index contributed by atoms with van der Waals surface area (Å²) in [5, 5.41) is 0. The number of hydrogen-bond donors (Lipinski definition) is 0. The standard InChI is InChI=1S/C19H29N3O/c23-19(11-9-17-12-13-20-15-21-17)22-14-4-7-18(22)10-8-16-5-2-1-3-6-16/h12-13,15-16,18H,1-11,14H2. The maximum absolute atomic E-state index is 12.6. The van der Waals surface area contributed by atoms with Crippen LogP contribution in [-0.2, 0) is 11.2 Å². The highest BCUT2D eigenvalue weighted by Gasteiger charge is 2.28. The molecule has 1 aromatic rings. The Morgan fingerprint density at radius 1 is 1.13 bits per heavy atom. The number of carbonyl (C=O) groups excluding carboxylic acids is 1. The molecular formula is C19H29N3O. The quantitative estimate of drug-likeness (QED) is 0.803. The Morgan fingerprint density at radius 2 is 2.00 bits per heavy atom. The molecule has 1 atom stereocenters. The van der Waals surface area contributed by atoms with Gasteiger partial charge in [0.2, 0.25) is 5.91 Å². The third-order valence-electron chi connectivity index (χ3n) is 5.57. The summed E-state index contributed by atoms with van der Waals surface area (Å²) in [6.07, 6.45) is 16.6. The summed E-state index contributed by atoms with van der Waals surface area (Å²) in [5.74, 6) is 1.23. The Balaban J connectivity index is 1.44. The normalized spacial score (nSPS) is 22.4. The lowest BCUT2D eigenvalue weighted by Gasteiger charge is -2.28. The number of carbonyl (C=O) groups is 1. The van der Waals surface area contributed by atoms with Gasteiger partial charge in [-0.15, -0.1) is 0 Å². The molecule has 2 heterocycles. The highest BCUT2D eigenvalue weighted by Crippen LogP contribution is 2.30. The van der Waals surface area contributed by atoms with E-state index in [0.29, 0.717) is 18.4 Å². The van der Waals surface area contributed by atoms with E-state index >= 15 is 0 Å². The van der Waals surface area contributed by atoms with Crippen LogP contribution < -0.4 is 0 Å². The van der Waals surface area contributed by atoms with Gasteiger partial charge in [0.25, 0.3) is 0 Å². The number of aromatic nitrogens is 2. The summed E-state index contributed by atoms with van der Waals surface area (Å²) < 4.78 is 0. The molecule has 4 heteroatoms. The highest BCUT2D eigenvalue weighted by atomic mass is 16.2. The Kier molecular flexibility index (Phi) is 6.00. The van der Waals surface area contributed by atoms with Gasteiger partial charge >= 0.3 is 0 Å². The minimum atomic E-state index is 0.315. The van der Waals surface area contributed by atoms with Gasteiger partial charge in [0.1, 0.15) is 6.33 Å². The molecule has 0 spiro atoms. The molecule has 2 fully saturated rings. The van der Waals surface area contributed by atoms with Gasteiger partial charge in [-0.2, -0.15) is 0 Å². The Labute approximate surface area is 139 Å². The van der Waals surface area contributed by atoms with Crippen LogP contribution in [0.3, 0.4) is 0 Å². The lowest BCUT2D eigenvalue weighted by atomic mass is 9.85. The fourth-order valence-electron chi connectivity index (χ4n) is 4.21. The molecule has 3 rings (SSSR count). The molecule has 23 heavy (non-hydrogen) atoms. The van der Waals surface area contributed by atoms with Crippen LogP contribution in [0.25, 0.3) is 0 Å². The third kappa shape index (κ3) is 4.76. The molecule has 1 unspecified atom stereocenters. The molecule has 0 radical (unpaired) electrons. The Morgan fingerprint density at radius 3 is 2.78 bits per heavy atom. The number of aryl methyl sites for hydroxylation is 1. The summed E-state index contributed by atoms with van der Waals surface area (Å²) in [5.41, 5.74) is 0.964. The van der Waals surface area contributed by atoms with E-state index in [9.17, 15) is 4.79 Å². The second kappa shape index (κ2) is 8.42. The van der Waals surface area contributed by atoms with Gasteiger partial charge in [-0.05, 0) is 44.1 Å². The molecule has 1 aromatic heterocycles. The average molecular weight is 315 g/mol. The van der Waals surface area contributed by atoms with E-state index in [0.717, 1.165) is 24.6 Å². The third-order valence-corrected chi connectivity index (χ3v) is 5.57. The first-order valence-electron chi connectivity index (χ1n) is 9.37. The van der Waals surface area contributed by atoms with Gasteiger partial charge in [0.05, 0.1) is 0 Å². The molecule has 1 aliphatic heterocycles. The topological polar surface area (TPSA) is 46.1 Å². The lowest BCUT2D eigenvalue weighted by Crippen LogP contribution is -2.36. The molecular weight excluding hydrogens is 286 g/mol. The molecule has 0 N–H and O–H groups in total. The molecule has 1 amide bonds. The van der Waals surface area contributed by atoms with Crippen molar-refractivity contribution in [3.63, 3.8) is 0 Å². The van der Waals surface area contributed by atoms with E-state index in [-0.39, 0.29) is 0 Å². The van der Waals surface area contributed by atoms with E-state index in [4.69, 9.17) is 0 Å². The van der Waals surface area contributed by atoms with Crippen LogP contribution in [0.2, 0.25) is 0 Å². The van der Waals surface area contributed by atoms with Crippen LogP contribution in [0.1, 0.15) is 69.9 Å². The van der Waals surface area contributed by atoms with Crippen molar-refractivity contribution in [3.8, 4) is 0 Å². The lowest BCUT2D eigenvalue weighted by molar-refractivity contribution is -0.132. The fraction of sp³-hybridized carbons (Fsp3) is 0.737. The summed E-state index contributed by atoms with van der Waals surface area (Å²) in [6, 6.07) is 2.40. The van der Waals surface area contributed by atoms with Gasteiger partial charge in [0, 0.05) is 30.9 Å². The highest BCUT2D eigenvalue weighted by molar-refractivity contribution is 5.77. The monoisotopic (exact) mass is 315 g/mol. The summed E-state index contributed by atoms with van der Waals surface area (Å²) >= 11 is 0. The van der Waals surface area contributed by atoms with Crippen LogP contribution in [-0.4, -0.2) is 33.4 Å². The number of nitrogens with zero attached hydrogens (tertiary/aromatic N) is 3. The van der Waals surface area contributed by atoms with Crippen molar-refractivity contribution in [3.05, 3.63) is 24.3 Å². The molecule has 1 saturated heterocycles. The molecule has 0 bridgehead atoms. The second-order valence-electron chi connectivity index (χ2n) is 7.17. The molecule has 126 valence electrons. The van der Waals surface area contributed by atoms with Crippen molar-refractivity contribution in [1.82, 2.24) is 14.9 Å². The smallest absolute Gasteiger partial charge is 0.223 e.